The molecule has 3 aromatic heterocycles. The third-order valence-corrected chi connectivity index (χ3v) is 8.80. The molecule has 0 aromatic carbocycles. The number of amides is 1. The smallest absolute Gasteiger partial charge is 0.306 e. The Morgan fingerprint density at radius 1 is 1.20 bits per heavy atom. The Morgan fingerprint density at radius 3 is 2.54 bits per heavy atom. The van der Waals surface area contributed by atoms with Gasteiger partial charge in [0.2, 0.25) is 0 Å². The van der Waals surface area contributed by atoms with E-state index in [4.69, 9.17) is 4.74 Å². The molecule has 1 atom stereocenters. The molecule has 0 radical (unpaired) electrons. The number of halogens is 1. The number of fused-ring (bicyclic) bond motifs is 4. The molecule has 0 spiro atoms. The van der Waals surface area contributed by atoms with Gasteiger partial charge in [-0.1, -0.05) is 0 Å². The second kappa shape index (κ2) is 10.7. The Labute approximate surface area is 237 Å². The van der Waals surface area contributed by atoms with Crippen molar-refractivity contribution in [1.82, 2.24) is 19.9 Å². The molecule has 10 nitrogen and oxygen atoms in total. The number of nitrogens with one attached hydrogen (secondary N) is 2. The van der Waals surface area contributed by atoms with Gasteiger partial charge in [-0.3, -0.25) is 14.6 Å². The molecule has 3 aromatic rings. The Hall–Kier alpha value is -4.04. The van der Waals surface area contributed by atoms with Gasteiger partial charge in [0.25, 0.3) is 5.91 Å². The van der Waals surface area contributed by atoms with Crippen molar-refractivity contribution in [3.63, 3.8) is 0 Å². The Balaban J connectivity index is 1.45. The van der Waals surface area contributed by atoms with E-state index in [1.807, 2.05) is 12.1 Å². The second-order valence-corrected chi connectivity index (χ2v) is 12.0. The zero-order chi connectivity index (χ0) is 29.4. The summed E-state index contributed by atoms with van der Waals surface area (Å²) in [5, 5.41) is 29.8. The highest BCUT2D eigenvalue weighted by Crippen LogP contribution is 2.55. The summed E-state index contributed by atoms with van der Waals surface area (Å²) >= 11 is 0. The first kappa shape index (κ1) is 28.5. The molecule has 6 rings (SSSR count). The van der Waals surface area contributed by atoms with Gasteiger partial charge in [0.05, 0.1) is 65.6 Å². The molecule has 3 aliphatic rings. The van der Waals surface area contributed by atoms with E-state index in [9.17, 15) is 24.3 Å². The molecule has 0 unspecified atom stereocenters. The molecule has 3 N–H and O–H groups in total. The van der Waals surface area contributed by atoms with Crippen LogP contribution in [-0.2, 0) is 9.53 Å². The third-order valence-electron chi connectivity index (χ3n) is 8.80. The van der Waals surface area contributed by atoms with Crippen LogP contribution >= 0.6 is 0 Å². The molecule has 2 bridgehead atoms. The molecule has 0 saturated heterocycles. The van der Waals surface area contributed by atoms with E-state index in [1.54, 1.807) is 16.6 Å². The van der Waals surface area contributed by atoms with Gasteiger partial charge >= 0.3 is 5.97 Å². The molecule has 3 heterocycles. The summed E-state index contributed by atoms with van der Waals surface area (Å²) in [6.07, 6.45) is 6.84. The van der Waals surface area contributed by atoms with Crippen molar-refractivity contribution in [2.45, 2.75) is 76.1 Å². The maximum atomic E-state index is 14.4. The fourth-order valence-corrected chi connectivity index (χ4v) is 6.04. The quantitative estimate of drug-likeness (QED) is 0.330. The summed E-state index contributed by atoms with van der Waals surface area (Å²) < 4.78 is 21.1. The number of pyridine rings is 1. The van der Waals surface area contributed by atoms with Crippen LogP contribution in [0.25, 0.3) is 16.9 Å². The standard InChI is InChI=1S/C30H35FN6O4/c1-28(2,40)25(31)18-34-27(39)21-17-33-23(24-5-4-20-12-19(15-32)16-35-37(20)24)13-22(21)36-30-9-6-29(7-10-30,8-11-30)14-26(38)41-3/h4-5,12-13,16-17,25,40H,6-11,14,18H2,1-3H3,(H,33,36)(H,34,39)/t25-,29?,30?/m1/s1. The van der Waals surface area contributed by atoms with E-state index in [2.05, 4.69) is 26.8 Å². The average molecular weight is 563 g/mol. The van der Waals surface area contributed by atoms with Crippen molar-refractivity contribution in [3.8, 4) is 17.5 Å². The minimum atomic E-state index is -1.65. The number of ether oxygens (including phenoxy) is 1. The van der Waals surface area contributed by atoms with Crippen molar-refractivity contribution in [2.75, 3.05) is 19.0 Å². The third kappa shape index (κ3) is 5.75. The van der Waals surface area contributed by atoms with Crippen LogP contribution in [0.15, 0.2) is 36.7 Å². The van der Waals surface area contributed by atoms with Crippen LogP contribution in [0.5, 0.6) is 0 Å². The number of hydrogen-bond acceptors (Lipinski definition) is 8. The molecule has 0 aliphatic heterocycles. The summed E-state index contributed by atoms with van der Waals surface area (Å²) in [5.41, 5.74) is 1.37. The van der Waals surface area contributed by atoms with E-state index < -0.39 is 17.7 Å². The fraction of sp³-hybridized carbons (Fsp3) is 0.500. The Morgan fingerprint density at radius 2 is 1.90 bits per heavy atom. The first-order chi connectivity index (χ1) is 19.5. The van der Waals surface area contributed by atoms with E-state index >= 15 is 0 Å². The number of nitriles is 1. The van der Waals surface area contributed by atoms with Gasteiger partial charge in [0.1, 0.15) is 12.2 Å². The highest BCUT2D eigenvalue weighted by atomic mass is 19.1. The summed E-state index contributed by atoms with van der Waals surface area (Å²) in [6, 6.07) is 9.33. The number of anilines is 1. The maximum Gasteiger partial charge on any atom is 0.306 e. The lowest BCUT2D eigenvalue weighted by atomic mass is 9.56. The van der Waals surface area contributed by atoms with Crippen LogP contribution in [0.3, 0.4) is 0 Å². The summed E-state index contributed by atoms with van der Waals surface area (Å²) in [7, 11) is 1.42. The number of aromatic nitrogens is 3. The number of alkyl halides is 1. The van der Waals surface area contributed by atoms with Crippen molar-refractivity contribution in [3.05, 3.63) is 47.8 Å². The minimum absolute atomic E-state index is 0.0494. The number of hydrogen-bond donors (Lipinski definition) is 3. The van der Waals surface area contributed by atoms with Crippen molar-refractivity contribution < 1.29 is 23.8 Å². The van der Waals surface area contributed by atoms with Crippen molar-refractivity contribution in [2.24, 2.45) is 5.41 Å². The van der Waals surface area contributed by atoms with Gasteiger partial charge in [0, 0.05) is 11.7 Å². The number of esters is 1. The molecule has 3 fully saturated rings. The number of nitrogens with zero attached hydrogens (tertiary/aromatic N) is 4. The molecule has 3 saturated carbocycles. The van der Waals surface area contributed by atoms with Crippen LogP contribution in [0.1, 0.15) is 74.7 Å². The summed E-state index contributed by atoms with van der Waals surface area (Å²) in [4.78, 5) is 29.9. The lowest BCUT2D eigenvalue weighted by Gasteiger charge is -2.54. The average Bonchev–Trinajstić information content (AvgIpc) is 3.39. The second-order valence-electron chi connectivity index (χ2n) is 12.0. The highest BCUT2D eigenvalue weighted by molar-refractivity contribution is 6.00. The number of carbonyl (C=O) groups is 2. The zero-order valence-corrected chi connectivity index (χ0v) is 23.5. The molecule has 11 heteroatoms. The lowest BCUT2D eigenvalue weighted by Crippen LogP contribution is -2.51. The number of carbonyl (C=O) groups excluding carboxylic acids is 2. The first-order valence-corrected chi connectivity index (χ1v) is 13.8. The Kier molecular flexibility index (Phi) is 7.46. The number of rotatable bonds is 9. The van der Waals surface area contributed by atoms with E-state index in [0.29, 0.717) is 29.1 Å². The number of methoxy groups -OCH3 is 1. The zero-order valence-electron chi connectivity index (χ0n) is 23.5. The van der Waals surface area contributed by atoms with Crippen LogP contribution < -0.4 is 10.6 Å². The van der Waals surface area contributed by atoms with Gasteiger partial charge in [-0.25, -0.2) is 8.91 Å². The van der Waals surface area contributed by atoms with Crippen molar-refractivity contribution >= 4 is 23.1 Å². The monoisotopic (exact) mass is 562 g/mol. The summed E-state index contributed by atoms with van der Waals surface area (Å²) in [6.45, 7) is 2.36. The normalized spacial score (nSPS) is 22.6. The van der Waals surface area contributed by atoms with Gasteiger partial charge in [-0.15, -0.1) is 0 Å². The van der Waals surface area contributed by atoms with E-state index in [1.165, 1.54) is 33.4 Å². The SMILES string of the molecule is COC(=O)CC12CCC(Nc3cc(-c4ccc5cc(C#N)cnn45)ncc3C(=O)NC[C@@H](F)C(C)(C)O)(CC1)CC2. The van der Waals surface area contributed by atoms with Gasteiger partial charge in [0.15, 0.2) is 0 Å². The first-order valence-electron chi connectivity index (χ1n) is 13.8. The Bertz CT molecular complexity index is 1500. The van der Waals surface area contributed by atoms with Crippen LogP contribution in [0, 0.1) is 16.7 Å². The van der Waals surface area contributed by atoms with Crippen LogP contribution in [-0.4, -0.2) is 62.5 Å². The van der Waals surface area contributed by atoms with E-state index in [0.717, 1.165) is 44.0 Å². The van der Waals surface area contributed by atoms with Crippen LogP contribution in [0.2, 0.25) is 0 Å². The number of aliphatic hydroxyl groups is 1. The lowest BCUT2D eigenvalue weighted by molar-refractivity contribution is -0.145. The van der Waals surface area contributed by atoms with Crippen molar-refractivity contribution in [1.29, 1.82) is 5.26 Å². The highest BCUT2D eigenvalue weighted by Gasteiger charge is 2.49. The van der Waals surface area contributed by atoms with Gasteiger partial charge < -0.3 is 20.5 Å². The molecular weight excluding hydrogens is 527 g/mol. The minimum Gasteiger partial charge on any atom is -0.469 e. The van der Waals surface area contributed by atoms with Gasteiger partial charge in [-0.05, 0) is 82.1 Å². The topological polar surface area (TPSA) is 142 Å². The predicted octanol–water partition coefficient (Wildman–Crippen LogP) is 4.17. The molecule has 1 amide bonds. The molecule has 216 valence electrons. The van der Waals surface area contributed by atoms with E-state index in [-0.39, 0.29) is 29.0 Å². The fourth-order valence-electron chi connectivity index (χ4n) is 6.04. The largest absolute Gasteiger partial charge is 0.469 e. The van der Waals surface area contributed by atoms with Gasteiger partial charge in [-0.2, -0.15) is 10.4 Å². The molecule has 41 heavy (non-hydrogen) atoms. The molecule has 3 aliphatic carbocycles. The molecular formula is C30H35FN6O4. The summed E-state index contributed by atoms with van der Waals surface area (Å²) in [5.74, 6) is -0.685. The van der Waals surface area contributed by atoms with Crippen LogP contribution in [0.4, 0.5) is 10.1 Å². The predicted molar refractivity (Wildman–Crippen MR) is 150 cm³/mol. The maximum absolute atomic E-state index is 14.4.